The minimum absolute atomic E-state index is 0.0479. The summed E-state index contributed by atoms with van der Waals surface area (Å²) in [6.07, 6.45) is 3.39. The smallest absolute Gasteiger partial charge is 0.227 e. The summed E-state index contributed by atoms with van der Waals surface area (Å²) < 4.78 is 0. The fraction of sp³-hybridized carbons (Fsp3) is 0.407. The molecule has 2 aromatic rings. The minimum Gasteiger partial charge on any atom is -0.372 e. The molecule has 0 unspecified atom stereocenters. The molecule has 2 aromatic carbocycles. The molecule has 2 aliphatic rings. The van der Waals surface area contributed by atoms with Crippen LogP contribution in [0.2, 0.25) is 0 Å². The number of benzene rings is 2. The van der Waals surface area contributed by atoms with Gasteiger partial charge in [-0.05, 0) is 62.9 Å². The number of carbonyl (C=O) groups is 2. The Morgan fingerprint density at radius 2 is 1.75 bits per heavy atom. The van der Waals surface area contributed by atoms with Crippen LogP contribution >= 0.6 is 0 Å². The molecule has 4 rings (SSSR count). The monoisotopic (exact) mass is 431 g/mol. The highest BCUT2D eigenvalue weighted by molar-refractivity contribution is 6.06. The summed E-state index contributed by atoms with van der Waals surface area (Å²) in [6, 6.07) is 15.9. The second-order valence-corrected chi connectivity index (χ2v) is 8.49. The molecule has 0 radical (unpaired) electrons. The van der Waals surface area contributed by atoms with Crippen molar-refractivity contribution in [1.29, 1.82) is 0 Å². The highest BCUT2D eigenvalue weighted by atomic mass is 16.2. The van der Waals surface area contributed by atoms with E-state index in [0.717, 1.165) is 66.2 Å². The van der Waals surface area contributed by atoms with E-state index < -0.39 is 6.04 Å². The molecule has 32 heavy (non-hydrogen) atoms. The maximum absolute atomic E-state index is 13.5. The molecule has 1 aliphatic heterocycles. The summed E-state index contributed by atoms with van der Waals surface area (Å²) in [5, 5.41) is 3.52. The van der Waals surface area contributed by atoms with Crippen molar-refractivity contribution >= 4 is 28.8 Å². The van der Waals surface area contributed by atoms with Crippen LogP contribution in [0.1, 0.15) is 64.5 Å². The molecule has 5 nitrogen and oxygen atoms in total. The van der Waals surface area contributed by atoms with E-state index in [0.29, 0.717) is 12.8 Å². The Hall–Kier alpha value is -3.08. The van der Waals surface area contributed by atoms with E-state index in [1.165, 1.54) is 0 Å². The first kappa shape index (κ1) is 22.1. The first-order valence-electron chi connectivity index (χ1n) is 11.9. The molecule has 1 aliphatic carbocycles. The number of rotatable bonds is 6. The van der Waals surface area contributed by atoms with E-state index in [1.54, 1.807) is 0 Å². The Morgan fingerprint density at radius 3 is 2.44 bits per heavy atom. The Balaban J connectivity index is 1.90. The van der Waals surface area contributed by atoms with Crippen LogP contribution in [0.4, 0.5) is 17.1 Å². The van der Waals surface area contributed by atoms with Gasteiger partial charge in [-0.1, -0.05) is 31.2 Å². The third-order valence-electron chi connectivity index (χ3n) is 6.51. The molecule has 168 valence electrons. The van der Waals surface area contributed by atoms with Crippen molar-refractivity contribution in [1.82, 2.24) is 0 Å². The average Bonchev–Trinajstić information content (AvgIpc) is 2.95. The van der Waals surface area contributed by atoms with Crippen LogP contribution in [0.25, 0.3) is 0 Å². The quantitative estimate of drug-likeness (QED) is 0.624. The summed E-state index contributed by atoms with van der Waals surface area (Å²) in [6.45, 7) is 8.18. The number of nitrogens with one attached hydrogen (secondary N) is 1. The minimum atomic E-state index is -0.418. The van der Waals surface area contributed by atoms with Gasteiger partial charge in [0.05, 0.1) is 17.4 Å². The number of para-hydroxylation sites is 2. The van der Waals surface area contributed by atoms with Crippen molar-refractivity contribution in [2.45, 2.75) is 58.9 Å². The Morgan fingerprint density at radius 1 is 1.03 bits per heavy atom. The lowest BCUT2D eigenvalue weighted by Gasteiger charge is -2.34. The SMILES string of the molecule is CCCC(=O)N1c2ccccc2NC2=C(C(=O)CCC2)[C@H]1c1ccc(N(CC)CC)cc1. The molecule has 0 fully saturated rings. The number of nitrogens with zero attached hydrogens (tertiary/aromatic N) is 2. The Bertz CT molecular complexity index is 1020. The zero-order valence-electron chi connectivity index (χ0n) is 19.4. The van der Waals surface area contributed by atoms with Gasteiger partial charge in [0.2, 0.25) is 5.91 Å². The summed E-state index contributed by atoms with van der Waals surface area (Å²) in [7, 11) is 0. The summed E-state index contributed by atoms with van der Waals surface area (Å²) in [4.78, 5) is 30.9. The van der Waals surface area contributed by atoms with Crippen LogP contribution in [0.5, 0.6) is 0 Å². The normalized spacial score (nSPS) is 17.9. The molecular formula is C27H33N3O2. The lowest BCUT2D eigenvalue weighted by Crippen LogP contribution is -2.37. The predicted molar refractivity (Wildman–Crippen MR) is 131 cm³/mol. The van der Waals surface area contributed by atoms with Crippen molar-refractivity contribution in [3.8, 4) is 0 Å². The molecule has 5 heteroatoms. The first-order valence-corrected chi connectivity index (χ1v) is 11.9. The number of amides is 1. The number of anilines is 3. The van der Waals surface area contributed by atoms with Gasteiger partial charge in [0.25, 0.3) is 0 Å². The third-order valence-corrected chi connectivity index (χ3v) is 6.51. The van der Waals surface area contributed by atoms with Crippen LogP contribution in [0, 0.1) is 0 Å². The van der Waals surface area contributed by atoms with Crippen molar-refractivity contribution in [2.24, 2.45) is 0 Å². The van der Waals surface area contributed by atoms with Crippen LogP contribution < -0.4 is 15.1 Å². The average molecular weight is 432 g/mol. The van der Waals surface area contributed by atoms with Crippen LogP contribution in [-0.4, -0.2) is 24.8 Å². The van der Waals surface area contributed by atoms with Gasteiger partial charge in [-0.2, -0.15) is 0 Å². The largest absolute Gasteiger partial charge is 0.372 e. The Kier molecular flexibility index (Phi) is 6.63. The van der Waals surface area contributed by atoms with Gasteiger partial charge in [0.15, 0.2) is 5.78 Å². The van der Waals surface area contributed by atoms with E-state index in [-0.39, 0.29) is 11.7 Å². The molecule has 1 amide bonds. The fourth-order valence-corrected chi connectivity index (χ4v) is 4.92. The molecule has 0 aromatic heterocycles. The van der Waals surface area contributed by atoms with Crippen LogP contribution in [-0.2, 0) is 9.59 Å². The van der Waals surface area contributed by atoms with Crippen LogP contribution in [0.15, 0.2) is 59.8 Å². The number of carbonyl (C=O) groups excluding carboxylic acids is 2. The van der Waals surface area contributed by atoms with E-state index in [1.807, 2.05) is 36.1 Å². The number of hydrogen-bond donors (Lipinski definition) is 1. The summed E-state index contributed by atoms with van der Waals surface area (Å²) >= 11 is 0. The maximum atomic E-state index is 13.5. The van der Waals surface area contributed by atoms with Gasteiger partial charge in [-0.25, -0.2) is 0 Å². The highest BCUT2D eigenvalue weighted by Gasteiger charge is 2.39. The van der Waals surface area contributed by atoms with E-state index in [9.17, 15) is 9.59 Å². The standard InChI is InChI=1S/C27H33N3O2/c1-4-10-25(32)30-23-13-8-7-11-21(23)28-22-12-9-14-24(31)26(22)27(30)19-15-17-20(18-16-19)29(5-2)6-3/h7-8,11,13,15-18,27-28H,4-6,9-10,12,14H2,1-3H3/t27-/m1/s1. The summed E-state index contributed by atoms with van der Waals surface area (Å²) in [5.41, 5.74) is 5.56. The summed E-state index contributed by atoms with van der Waals surface area (Å²) in [5.74, 6) is 0.186. The molecule has 1 N–H and O–H groups in total. The molecule has 0 spiro atoms. The van der Waals surface area contributed by atoms with Crippen molar-refractivity contribution in [2.75, 3.05) is 28.2 Å². The predicted octanol–water partition coefficient (Wildman–Crippen LogP) is 5.84. The van der Waals surface area contributed by atoms with Crippen molar-refractivity contribution in [3.05, 3.63) is 65.4 Å². The molecular weight excluding hydrogens is 398 g/mol. The van der Waals surface area contributed by atoms with E-state index in [2.05, 4.69) is 48.3 Å². The number of allylic oxidation sites excluding steroid dienone is 1. The highest BCUT2D eigenvalue weighted by Crippen LogP contribution is 2.45. The first-order chi connectivity index (χ1) is 15.6. The zero-order valence-corrected chi connectivity index (χ0v) is 19.4. The van der Waals surface area contributed by atoms with Gasteiger partial charge < -0.3 is 10.2 Å². The van der Waals surface area contributed by atoms with Crippen molar-refractivity contribution < 1.29 is 9.59 Å². The van der Waals surface area contributed by atoms with Crippen molar-refractivity contribution in [3.63, 3.8) is 0 Å². The van der Waals surface area contributed by atoms with Gasteiger partial charge >= 0.3 is 0 Å². The molecule has 1 atom stereocenters. The second-order valence-electron chi connectivity index (χ2n) is 8.49. The molecule has 0 bridgehead atoms. The Labute approximate surface area is 191 Å². The van der Waals surface area contributed by atoms with E-state index in [4.69, 9.17) is 0 Å². The number of hydrogen-bond acceptors (Lipinski definition) is 4. The molecule has 0 saturated carbocycles. The van der Waals surface area contributed by atoms with Gasteiger partial charge in [0, 0.05) is 42.9 Å². The van der Waals surface area contributed by atoms with Crippen LogP contribution in [0.3, 0.4) is 0 Å². The lowest BCUT2D eigenvalue weighted by atomic mass is 9.85. The third kappa shape index (κ3) is 4.04. The van der Waals surface area contributed by atoms with E-state index >= 15 is 0 Å². The number of fused-ring (bicyclic) bond motifs is 1. The van der Waals surface area contributed by atoms with Gasteiger partial charge in [-0.3, -0.25) is 14.5 Å². The number of Topliss-reactive ketones (excluding diaryl/α,β-unsaturated/α-hetero) is 1. The lowest BCUT2D eigenvalue weighted by molar-refractivity contribution is -0.119. The maximum Gasteiger partial charge on any atom is 0.227 e. The number of ketones is 1. The molecule has 1 heterocycles. The molecule has 0 saturated heterocycles. The van der Waals surface area contributed by atoms with Gasteiger partial charge in [-0.15, -0.1) is 0 Å². The topological polar surface area (TPSA) is 52.7 Å². The van der Waals surface area contributed by atoms with Gasteiger partial charge in [0.1, 0.15) is 0 Å². The second kappa shape index (κ2) is 9.60. The zero-order chi connectivity index (χ0) is 22.7. The fourth-order valence-electron chi connectivity index (χ4n) is 4.92.